The van der Waals surface area contributed by atoms with E-state index >= 15 is 0 Å². The Morgan fingerprint density at radius 3 is 2.67 bits per heavy atom. The van der Waals surface area contributed by atoms with E-state index in [9.17, 15) is 10.0 Å². The van der Waals surface area contributed by atoms with E-state index in [4.69, 9.17) is 0 Å². The lowest BCUT2D eigenvalue weighted by molar-refractivity contribution is 0.190. The van der Waals surface area contributed by atoms with E-state index in [1.54, 1.807) is 6.07 Å². The van der Waals surface area contributed by atoms with Gasteiger partial charge in [-0.25, -0.2) is 0 Å². The van der Waals surface area contributed by atoms with Crippen molar-refractivity contribution in [3.05, 3.63) is 29.8 Å². The van der Waals surface area contributed by atoms with E-state index < -0.39 is 7.12 Å². The second kappa shape index (κ2) is 5.87. The van der Waals surface area contributed by atoms with Gasteiger partial charge in [-0.3, -0.25) is 4.90 Å². The van der Waals surface area contributed by atoms with Gasteiger partial charge in [0.05, 0.1) is 0 Å². The van der Waals surface area contributed by atoms with Gasteiger partial charge in [0.1, 0.15) is 0 Å². The number of hydrogen-bond acceptors (Lipinski definition) is 3. The molecule has 2 rings (SSSR count). The lowest BCUT2D eigenvalue weighted by Crippen LogP contribution is -2.39. The summed E-state index contributed by atoms with van der Waals surface area (Å²) in [4.78, 5) is 2.49. The van der Waals surface area contributed by atoms with Crippen LogP contribution in [0.15, 0.2) is 24.3 Å². The molecule has 1 aliphatic rings. The minimum atomic E-state index is -1.38. The van der Waals surface area contributed by atoms with Gasteiger partial charge in [0.15, 0.2) is 0 Å². The van der Waals surface area contributed by atoms with Crippen molar-refractivity contribution in [1.82, 2.24) is 4.90 Å². The molecule has 1 heterocycles. The predicted octanol–water partition coefficient (Wildman–Crippen LogP) is 1.13. The van der Waals surface area contributed by atoms with Crippen molar-refractivity contribution in [2.75, 3.05) is 0 Å². The van der Waals surface area contributed by atoms with Crippen LogP contribution in [0.2, 0.25) is 0 Å². The van der Waals surface area contributed by atoms with Crippen LogP contribution in [0.1, 0.15) is 38.7 Å². The normalized spacial score (nSPS) is 24.4. The molecule has 2 N–H and O–H groups in total. The maximum Gasteiger partial charge on any atom is 0.488 e. The van der Waals surface area contributed by atoms with E-state index in [0.717, 1.165) is 18.5 Å². The molecule has 18 heavy (non-hydrogen) atoms. The van der Waals surface area contributed by atoms with Gasteiger partial charge in [0, 0.05) is 18.6 Å². The maximum atomic E-state index is 9.40. The SMILES string of the molecule is CCC1CCC(C)N1Cc1ccccc1B(O)O. The fraction of sp³-hybridized carbons (Fsp3) is 0.571. The number of hydrogen-bond donors (Lipinski definition) is 2. The first-order valence-electron chi connectivity index (χ1n) is 6.83. The number of nitrogens with zero attached hydrogens (tertiary/aromatic N) is 1. The second-order valence-corrected chi connectivity index (χ2v) is 5.23. The Kier molecular flexibility index (Phi) is 4.43. The summed E-state index contributed by atoms with van der Waals surface area (Å²) in [5.41, 5.74) is 1.66. The Morgan fingerprint density at radius 1 is 1.28 bits per heavy atom. The zero-order valence-corrected chi connectivity index (χ0v) is 11.2. The van der Waals surface area contributed by atoms with Crippen molar-refractivity contribution in [2.45, 2.75) is 51.7 Å². The molecule has 1 aromatic carbocycles. The quantitative estimate of drug-likeness (QED) is 0.784. The molecule has 2 atom stereocenters. The first-order valence-corrected chi connectivity index (χ1v) is 6.83. The predicted molar refractivity (Wildman–Crippen MR) is 74.6 cm³/mol. The third-order valence-electron chi connectivity index (χ3n) is 4.11. The summed E-state index contributed by atoms with van der Waals surface area (Å²) in [5, 5.41) is 18.8. The highest BCUT2D eigenvalue weighted by atomic mass is 16.4. The van der Waals surface area contributed by atoms with Gasteiger partial charge in [0.2, 0.25) is 0 Å². The molecule has 1 saturated heterocycles. The molecule has 0 aromatic heterocycles. The molecule has 2 unspecified atom stereocenters. The van der Waals surface area contributed by atoms with Gasteiger partial charge in [0.25, 0.3) is 0 Å². The van der Waals surface area contributed by atoms with Crippen LogP contribution in [0, 0.1) is 0 Å². The molecule has 1 aromatic rings. The van der Waals surface area contributed by atoms with E-state index in [1.165, 1.54) is 12.8 Å². The van der Waals surface area contributed by atoms with E-state index in [2.05, 4.69) is 18.7 Å². The summed E-state index contributed by atoms with van der Waals surface area (Å²) in [6.45, 7) is 5.30. The van der Waals surface area contributed by atoms with Gasteiger partial charge in [-0.2, -0.15) is 0 Å². The van der Waals surface area contributed by atoms with Crippen LogP contribution in [0.3, 0.4) is 0 Å². The Hall–Kier alpha value is -0.835. The Labute approximate surface area is 110 Å². The molecule has 0 saturated carbocycles. The zero-order chi connectivity index (χ0) is 13.1. The van der Waals surface area contributed by atoms with Crippen molar-refractivity contribution in [3.63, 3.8) is 0 Å². The summed E-state index contributed by atoms with van der Waals surface area (Å²) in [6, 6.07) is 8.81. The molecule has 3 nitrogen and oxygen atoms in total. The summed E-state index contributed by atoms with van der Waals surface area (Å²) < 4.78 is 0. The van der Waals surface area contributed by atoms with Crippen molar-refractivity contribution in [2.24, 2.45) is 0 Å². The highest BCUT2D eigenvalue weighted by molar-refractivity contribution is 6.59. The van der Waals surface area contributed by atoms with Crippen LogP contribution in [-0.4, -0.2) is 34.2 Å². The molecule has 98 valence electrons. The maximum absolute atomic E-state index is 9.40. The Morgan fingerprint density at radius 2 is 2.00 bits per heavy atom. The minimum absolute atomic E-state index is 0.582. The summed E-state index contributed by atoms with van der Waals surface area (Å²) in [6.07, 6.45) is 3.65. The van der Waals surface area contributed by atoms with Gasteiger partial charge in [-0.05, 0) is 37.2 Å². The van der Waals surface area contributed by atoms with Gasteiger partial charge >= 0.3 is 7.12 Å². The summed E-state index contributed by atoms with van der Waals surface area (Å²) in [7, 11) is -1.38. The van der Waals surface area contributed by atoms with Crippen molar-refractivity contribution in [1.29, 1.82) is 0 Å². The van der Waals surface area contributed by atoms with E-state index in [0.29, 0.717) is 17.5 Å². The van der Waals surface area contributed by atoms with Crippen LogP contribution in [0.5, 0.6) is 0 Å². The molecular formula is C14H22BNO2. The Balaban J connectivity index is 2.18. The van der Waals surface area contributed by atoms with Gasteiger partial charge < -0.3 is 10.0 Å². The fourth-order valence-electron chi connectivity index (χ4n) is 2.98. The molecule has 0 spiro atoms. The number of likely N-dealkylation sites (tertiary alicyclic amines) is 1. The molecule has 1 fully saturated rings. The molecule has 0 bridgehead atoms. The molecule has 0 aliphatic carbocycles. The fourth-order valence-corrected chi connectivity index (χ4v) is 2.98. The number of benzene rings is 1. The standard InChI is InChI=1S/C14H22BNO2/c1-3-13-9-8-11(2)16(13)10-12-6-4-5-7-14(12)15(17)18/h4-7,11,13,17-18H,3,8-10H2,1-2H3. The third-order valence-corrected chi connectivity index (χ3v) is 4.11. The topological polar surface area (TPSA) is 43.7 Å². The third kappa shape index (κ3) is 2.77. The van der Waals surface area contributed by atoms with Crippen molar-refractivity contribution >= 4 is 12.6 Å². The molecule has 1 aliphatic heterocycles. The number of rotatable bonds is 4. The second-order valence-electron chi connectivity index (χ2n) is 5.23. The average Bonchev–Trinajstić information content (AvgIpc) is 2.71. The highest BCUT2D eigenvalue weighted by Crippen LogP contribution is 2.27. The van der Waals surface area contributed by atoms with Crippen LogP contribution in [-0.2, 0) is 6.54 Å². The molecule has 4 heteroatoms. The largest absolute Gasteiger partial charge is 0.488 e. The molecule has 0 radical (unpaired) electrons. The lowest BCUT2D eigenvalue weighted by Gasteiger charge is -2.28. The van der Waals surface area contributed by atoms with Gasteiger partial charge in [-0.15, -0.1) is 0 Å². The minimum Gasteiger partial charge on any atom is -0.423 e. The smallest absolute Gasteiger partial charge is 0.423 e. The van der Waals surface area contributed by atoms with Crippen LogP contribution in [0.25, 0.3) is 0 Å². The summed E-state index contributed by atoms with van der Waals surface area (Å²) >= 11 is 0. The highest BCUT2D eigenvalue weighted by Gasteiger charge is 2.30. The van der Waals surface area contributed by atoms with E-state index in [-0.39, 0.29) is 0 Å². The van der Waals surface area contributed by atoms with Gasteiger partial charge in [-0.1, -0.05) is 31.2 Å². The van der Waals surface area contributed by atoms with Crippen molar-refractivity contribution < 1.29 is 10.0 Å². The first-order chi connectivity index (χ1) is 8.63. The van der Waals surface area contributed by atoms with Crippen molar-refractivity contribution in [3.8, 4) is 0 Å². The average molecular weight is 247 g/mol. The zero-order valence-electron chi connectivity index (χ0n) is 11.2. The molecule has 0 amide bonds. The lowest BCUT2D eigenvalue weighted by atomic mass is 9.77. The molecular weight excluding hydrogens is 225 g/mol. The summed E-state index contributed by atoms with van der Waals surface area (Å²) in [5.74, 6) is 0. The van der Waals surface area contributed by atoms with Crippen LogP contribution < -0.4 is 5.46 Å². The van der Waals surface area contributed by atoms with E-state index in [1.807, 2.05) is 18.2 Å². The Bertz CT molecular complexity index is 397. The first kappa shape index (κ1) is 13.6. The monoisotopic (exact) mass is 247 g/mol. The van der Waals surface area contributed by atoms with Crippen LogP contribution >= 0.6 is 0 Å². The van der Waals surface area contributed by atoms with Crippen LogP contribution in [0.4, 0.5) is 0 Å².